The minimum absolute atomic E-state index is 0.0539. The number of hydrogen-bond acceptors (Lipinski definition) is 4. The van der Waals surface area contributed by atoms with E-state index in [-0.39, 0.29) is 23.4 Å². The zero-order chi connectivity index (χ0) is 30.2. The first kappa shape index (κ1) is 31.9. The summed E-state index contributed by atoms with van der Waals surface area (Å²) in [7, 11) is -4.10. The minimum atomic E-state index is -4.10. The molecule has 0 heterocycles. The Labute approximate surface area is 245 Å². The Balaban J connectivity index is 2.11. The summed E-state index contributed by atoms with van der Waals surface area (Å²) >= 11 is 0. The van der Waals surface area contributed by atoms with Gasteiger partial charge in [-0.25, -0.2) is 8.42 Å². The lowest BCUT2D eigenvalue weighted by Crippen LogP contribution is -2.53. The number of carbonyl (C=O) groups excluding carboxylic acids is 2. The van der Waals surface area contributed by atoms with Gasteiger partial charge in [-0.3, -0.25) is 13.9 Å². The van der Waals surface area contributed by atoms with E-state index in [9.17, 15) is 18.0 Å². The minimum Gasteiger partial charge on any atom is -0.352 e. The zero-order valence-corrected chi connectivity index (χ0v) is 25.9. The summed E-state index contributed by atoms with van der Waals surface area (Å²) < 4.78 is 29.4. The van der Waals surface area contributed by atoms with Crippen LogP contribution in [0.1, 0.15) is 62.8 Å². The number of nitrogens with zero attached hydrogens (tertiary/aromatic N) is 2. The zero-order valence-electron chi connectivity index (χ0n) is 25.1. The third kappa shape index (κ3) is 7.76. The van der Waals surface area contributed by atoms with Crippen molar-refractivity contribution in [2.45, 2.75) is 84.3 Å². The molecule has 8 heteroatoms. The molecule has 2 atom stereocenters. The van der Waals surface area contributed by atoms with Crippen molar-refractivity contribution in [3.63, 3.8) is 0 Å². The largest absolute Gasteiger partial charge is 0.352 e. The second-order valence-corrected chi connectivity index (χ2v) is 12.4. The Kier molecular flexibility index (Phi) is 11.1. The van der Waals surface area contributed by atoms with Crippen LogP contribution in [0.25, 0.3) is 0 Å². The molecule has 1 N–H and O–H groups in total. The van der Waals surface area contributed by atoms with Gasteiger partial charge in [-0.1, -0.05) is 80.9 Å². The molecule has 0 spiro atoms. The van der Waals surface area contributed by atoms with Gasteiger partial charge in [0.15, 0.2) is 0 Å². The van der Waals surface area contributed by atoms with Gasteiger partial charge in [0.25, 0.3) is 10.0 Å². The van der Waals surface area contributed by atoms with Crippen LogP contribution in [0, 0.1) is 13.8 Å². The number of aryl methyl sites for hydroxylation is 3. The third-order valence-electron chi connectivity index (χ3n) is 7.52. The second kappa shape index (κ2) is 14.3. The van der Waals surface area contributed by atoms with Crippen molar-refractivity contribution < 1.29 is 18.0 Å². The second-order valence-electron chi connectivity index (χ2n) is 10.5. The molecule has 0 aromatic heterocycles. The molecule has 0 saturated heterocycles. The lowest BCUT2D eigenvalue weighted by atomic mass is 10.1. The van der Waals surface area contributed by atoms with Crippen molar-refractivity contribution in [2.24, 2.45) is 0 Å². The highest BCUT2D eigenvalue weighted by molar-refractivity contribution is 7.92. The Bertz CT molecular complexity index is 1440. The molecule has 220 valence electrons. The van der Waals surface area contributed by atoms with Crippen molar-refractivity contribution in [3.05, 3.63) is 95.1 Å². The fourth-order valence-electron chi connectivity index (χ4n) is 4.74. The SMILES string of the molecule is CCc1ccccc1N(CC(=O)N(Cc1ccccc1C)[C@@H](CC)C(=O)N[C@H](C)CC)S(=O)(=O)c1ccc(C)cc1. The molecular weight excluding hydrogens is 534 g/mol. The average molecular weight is 578 g/mol. The van der Waals surface area contributed by atoms with Gasteiger partial charge < -0.3 is 10.2 Å². The molecule has 7 nitrogen and oxygen atoms in total. The van der Waals surface area contributed by atoms with E-state index in [1.54, 1.807) is 36.4 Å². The summed E-state index contributed by atoms with van der Waals surface area (Å²) in [4.78, 5) is 29.3. The van der Waals surface area contributed by atoms with Crippen LogP contribution in [0.4, 0.5) is 5.69 Å². The maximum atomic E-state index is 14.3. The van der Waals surface area contributed by atoms with E-state index in [0.29, 0.717) is 18.5 Å². The molecular formula is C33H43N3O4S. The van der Waals surface area contributed by atoms with Crippen LogP contribution in [-0.2, 0) is 32.6 Å². The quantitative estimate of drug-likeness (QED) is 0.279. The molecule has 3 rings (SSSR count). The maximum Gasteiger partial charge on any atom is 0.264 e. The molecule has 0 fully saturated rings. The van der Waals surface area contributed by atoms with Crippen LogP contribution in [0.15, 0.2) is 77.7 Å². The first-order valence-electron chi connectivity index (χ1n) is 14.3. The van der Waals surface area contributed by atoms with Crippen molar-refractivity contribution in [2.75, 3.05) is 10.8 Å². The molecule has 0 unspecified atom stereocenters. The Morgan fingerprint density at radius 3 is 2.02 bits per heavy atom. The molecule has 0 saturated carbocycles. The van der Waals surface area contributed by atoms with Crippen LogP contribution in [0.3, 0.4) is 0 Å². The monoisotopic (exact) mass is 577 g/mol. The summed E-state index contributed by atoms with van der Waals surface area (Å²) in [5.74, 6) is -0.688. The highest BCUT2D eigenvalue weighted by atomic mass is 32.2. The van der Waals surface area contributed by atoms with Gasteiger partial charge in [0, 0.05) is 12.6 Å². The number of amides is 2. The molecule has 41 heavy (non-hydrogen) atoms. The maximum absolute atomic E-state index is 14.3. The van der Waals surface area contributed by atoms with Crippen molar-refractivity contribution >= 4 is 27.5 Å². The van der Waals surface area contributed by atoms with Gasteiger partial charge in [0.2, 0.25) is 11.8 Å². The number of benzene rings is 3. The third-order valence-corrected chi connectivity index (χ3v) is 9.29. The molecule has 0 radical (unpaired) electrons. The molecule has 3 aromatic carbocycles. The Morgan fingerprint density at radius 1 is 0.829 bits per heavy atom. The van der Waals surface area contributed by atoms with Gasteiger partial charge >= 0.3 is 0 Å². The normalized spacial score (nSPS) is 12.8. The van der Waals surface area contributed by atoms with E-state index >= 15 is 0 Å². The number of rotatable bonds is 13. The van der Waals surface area contributed by atoms with E-state index in [0.717, 1.165) is 28.7 Å². The van der Waals surface area contributed by atoms with Crippen molar-refractivity contribution in [3.8, 4) is 0 Å². The molecule has 2 amide bonds. The van der Waals surface area contributed by atoms with E-state index < -0.39 is 28.5 Å². The number of sulfonamides is 1. The summed E-state index contributed by atoms with van der Waals surface area (Å²) in [5, 5.41) is 3.02. The topological polar surface area (TPSA) is 86.8 Å². The molecule has 0 aliphatic carbocycles. The van der Waals surface area contributed by atoms with E-state index in [2.05, 4.69) is 5.32 Å². The highest BCUT2D eigenvalue weighted by Crippen LogP contribution is 2.28. The van der Waals surface area contributed by atoms with Gasteiger partial charge in [-0.05, 0) is 74.9 Å². The average Bonchev–Trinajstić information content (AvgIpc) is 2.96. The van der Waals surface area contributed by atoms with Crippen LogP contribution < -0.4 is 9.62 Å². The number of nitrogens with one attached hydrogen (secondary N) is 1. The van der Waals surface area contributed by atoms with Crippen molar-refractivity contribution in [1.82, 2.24) is 10.2 Å². The smallest absolute Gasteiger partial charge is 0.264 e. The Morgan fingerprint density at radius 2 is 1.44 bits per heavy atom. The standard InChI is InChI=1S/C33H43N3O4S/c1-7-26(6)34-33(38)30(9-3)35(22-28-16-11-10-14-25(28)5)32(37)23-36(31-17-13-12-15-27(31)8-2)41(39,40)29-20-18-24(4)19-21-29/h10-21,26,30H,7-9,22-23H2,1-6H3,(H,34,38)/t26-,30+/m1/s1. The van der Waals surface area contributed by atoms with Crippen LogP contribution >= 0.6 is 0 Å². The number of hydrogen-bond donors (Lipinski definition) is 1. The predicted molar refractivity (Wildman–Crippen MR) is 165 cm³/mol. The fourth-order valence-corrected chi connectivity index (χ4v) is 6.19. The molecule has 0 aliphatic heterocycles. The van der Waals surface area contributed by atoms with E-state index in [1.807, 2.05) is 77.9 Å². The van der Waals surface area contributed by atoms with Gasteiger partial charge in [-0.2, -0.15) is 0 Å². The lowest BCUT2D eigenvalue weighted by molar-refractivity contribution is -0.140. The van der Waals surface area contributed by atoms with E-state index in [1.165, 1.54) is 9.21 Å². The predicted octanol–water partition coefficient (Wildman–Crippen LogP) is 5.78. The number of anilines is 1. The summed E-state index contributed by atoms with van der Waals surface area (Å²) in [6, 6.07) is 20.8. The number of carbonyl (C=O) groups is 2. The molecule has 0 aliphatic rings. The summed E-state index contributed by atoms with van der Waals surface area (Å²) in [6.45, 7) is 11.3. The van der Waals surface area contributed by atoms with Gasteiger partial charge in [0.05, 0.1) is 10.6 Å². The van der Waals surface area contributed by atoms with Gasteiger partial charge in [0.1, 0.15) is 12.6 Å². The summed E-state index contributed by atoms with van der Waals surface area (Å²) in [5.41, 5.74) is 4.09. The lowest BCUT2D eigenvalue weighted by Gasteiger charge is -2.34. The Hall–Kier alpha value is -3.65. The highest BCUT2D eigenvalue weighted by Gasteiger charge is 2.34. The van der Waals surface area contributed by atoms with Crippen LogP contribution in [0.5, 0.6) is 0 Å². The fraction of sp³-hybridized carbons (Fsp3) is 0.394. The van der Waals surface area contributed by atoms with E-state index in [4.69, 9.17) is 0 Å². The van der Waals surface area contributed by atoms with Crippen molar-refractivity contribution in [1.29, 1.82) is 0 Å². The first-order valence-corrected chi connectivity index (χ1v) is 15.8. The summed E-state index contributed by atoms with van der Waals surface area (Å²) in [6.07, 6.45) is 1.73. The molecule has 3 aromatic rings. The number of para-hydroxylation sites is 1. The van der Waals surface area contributed by atoms with Crippen LogP contribution in [-0.4, -0.2) is 43.8 Å². The van der Waals surface area contributed by atoms with Crippen LogP contribution in [0.2, 0.25) is 0 Å². The van der Waals surface area contributed by atoms with Gasteiger partial charge in [-0.15, -0.1) is 0 Å². The first-order chi connectivity index (χ1) is 19.5. The molecule has 0 bridgehead atoms.